The number of carboxylic acid groups (broad SMARTS) is 1. The lowest BCUT2D eigenvalue weighted by Gasteiger charge is -2.33. The molecule has 0 spiro atoms. The third-order valence-corrected chi connectivity index (χ3v) is 10.0. The molecule has 0 radical (unpaired) electrons. The minimum absolute atomic E-state index is 0.0314. The van der Waals surface area contributed by atoms with Crippen molar-refractivity contribution in [3.63, 3.8) is 0 Å². The maximum absolute atomic E-state index is 13.6. The molecule has 2 N–H and O–H groups in total. The minimum Gasteiger partial charge on any atom is -0.481 e. The molecular formula is C25H31N3O7S2. The number of ether oxygens (including phenoxy) is 1. The number of rotatable bonds is 9. The van der Waals surface area contributed by atoms with Crippen molar-refractivity contribution in [2.24, 2.45) is 5.92 Å². The monoisotopic (exact) mass is 549 g/mol. The van der Waals surface area contributed by atoms with Gasteiger partial charge in [-0.1, -0.05) is 55.7 Å². The Bertz CT molecular complexity index is 1180. The van der Waals surface area contributed by atoms with Gasteiger partial charge in [0, 0.05) is 19.1 Å². The zero-order valence-corrected chi connectivity index (χ0v) is 22.0. The summed E-state index contributed by atoms with van der Waals surface area (Å²) in [5.41, 5.74) is 0.748. The van der Waals surface area contributed by atoms with Gasteiger partial charge in [-0.25, -0.2) is 13.2 Å². The minimum atomic E-state index is -4.08. The number of hydrogen-bond donors (Lipinski definition) is 2. The van der Waals surface area contributed by atoms with Gasteiger partial charge in [0.1, 0.15) is 10.8 Å². The molecule has 2 unspecified atom stereocenters. The Labute approximate surface area is 220 Å². The van der Waals surface area contributed by atoms with Crippen LogP contribution in [0, 0.1) is 5.92 Å². The molecule has 2 amide bonds. The Morgan fingerprint density at radius 3 is 2.43 bits per heavy atom. The molecule has 12 heteroatoms. The Balaban J connectivity index is 1.58. The Morgan fingerprint density at radius 1 is 1.05 bits per heavy atom. The van der Waals surface area contributed by atoms with E-state index in [9.17, 15) is 27.9 Å². The predicted octanol–water partition coefficient (Wildman–Crippen LogP) is 3.26. The topological polar surface area (TPSA) is 133 Å². The highest BCUT2D eigenvalue weighted by atomic mass is 32.2. The SMILES string of the molecule is O=C(O)CC(NC(=O)C1N(C(=O)OCc2ccccc2)CCN1S(=O)(=O)c1cccs1)C1CCCCC1. The first-order valence-electron chi connectivity index (χ1n) is 12.3. The highest BCUT2D eigenvalue weighted by molar-refractivity contribution is 7.91. The number of nitrogens with zero attached hydrogens (tertiary/aromatic N) is 2. The number of benzene rings is 1. The van der Waals surface area contributed by atoms with Crippen molar-refractivity contribution >= 4 is 39.3 Å². The average molecular weight is 550 g/mol. The van der Waals surface area contributed by atoms with Crippen LogP contribution in [0.2, 0.25) is 0 Å². The molecule has 4 rings (SSSR count). The fourth-order valence-electron chi connectivity index (χ4n) is 4.97. The van der Waals surface area contributed by atoms with Crippen LogP contribution in [-0.2, 0) is 31.0 Å². The molecule has 2 heterocycles. The number of sulfonamides is 1. The van der Waals surface area contributed by atoms with Gasteiger partial charge in [0.25, 0.3) is 15.9 Å². The Kier molecular flexibility index (Phi) is 8.83. The zero-order valence-electron chi connectivity index (χ0n) is 20.3. The van der Waals surface area contributed by atoms with Gasteiger partial charge in [-0.3, -0.25) is 14.5 Å². The number of aliphatic carboxylic acids is 1. The normalized spacial score (nSPS) is 19.9. The van der Waals surface area contributed by atoms with E-state index >= 15 is 0 Å². The molecule has 1 aliphatic carbocycles. The van der Waals surface area contributed by atoms with Crippen molar-refractivity contribution in [2.75, 3.05) is 13.1 Å². The van der Waals surface area contributed by atoms with Gasteiger partial charge >= 0.3 is 12.1 Å². The molecule has 2 atom stereocenters. The first kappa shape index (κ1) is 27.1. The molecule has 1 aromatic carbocycles. The first-order chi connectivity index (χ1) is 17.8. The lowest BCUT2D eigenvalue weighted by atomic mass is 9.82. The number of carbonyl (C=O) groups excluding carboxylic acids is 2. The van der Waals surface area contributed by atoms with E-state index in [1.165, 1.54) is 6.07 Å². The van der Waals surface area contributed by atoms with Gasteiger partial charge < -0.3 is 15.2 Å². The maximum atomic E-state index is 13.6. The molecule has 1 aromatic heterocycles. The van der Waals surface area contributed by atoms with E-state index in [-0.39, 0.29) is 36.2 Å². The summed E-state index contributed by atoms with van der Waals surface area (Å²) in [6, 6.07) is 11.4. The third kappa shape index (κ3) is 6.49. The van der Waals surface area contributed by atoms with Crippen LogP contribution >= 0.6 is 11.3 Å². The van der Waals surface area contributed by atoms with Crippen molar-refractivity contribution < 1.29 is 32.6 Å². The van der Waals surface area contributed by atoms with Crippen molar-refractivity contribution in [1.29, 1.82) is 0 Å². The molecule has 2 fully saturated rings. The molecule has 0 bridgehead atoms. The van der Waals surface area contributed by atoms with Gasteiger partial charge in [-0.15, -0.1) is 11.3 Å². The van der Waals surface area contributed by atoms with E-state index in [1.807, 2.05) is 6.07 Å². The molecule has 1 saturated carbocycles. The van der Waals surface area contributed by atoms with Crippen LogP contribution in [0.15, 0.2) is 52.1 Å². The predicted molar refractivity (Wildman–Crippen MR) is 136 cm³/mol. The Morgan fingerprint density at radius 2 is 1.78 bits per heavy atom. The van der Waals surface area contributed by atoms with Crippen LogP contribution in [0.3, 0.4) is 0 Å². The summed E-state index contributed by atoms with van der Waals surface area (Å²) in [4.78, 5) is 39.4. The van der Waals surface area contributed by atoms with E-state index in [0.717, 1.165) is 58.2 Å². The van der Waals surface area contributed by atoms with Crippen LogP contribution in [0.4, 0.5) is 4.79 Å². The second-order valence-corrected chi connectivity index (χ2v) is 12.3. The van der Waals surface area contributed by atoms with Gasteiger partial charge in [-0.2, -0.15) is 4.31 Å². The fraction of sp³-hybridized carbons (Fsp3) is 0.480. The van der Waals surface area contributed by atoms with E-state index < -0.39 is 40.2 Å². The highest BCUT2D eigenvalue weighted by Gasteiger charge is 2.48. The number of carboxylic acids is 1. The molecule has 200 valence electrons. The van der Waals surface area contributed by atoms with Crippen molar-refractivity contribution in [2.45, 2.75) is 61.5 Å². The van der Waals surface area contributed by atoms with E-state index in [4.69, 9.17) is 4.74 Å². The van der Waals surface area contributed by atoms with Gasteiger partial charge in [-0.05, 0) is 35.8 Å². The molecule has 1 saturated heterocycles. The van der Waals surface area contributed by atoms with Crippen LogP contribution in [0.25, 0.3) is 0 Å². The first-order valence-corrected chi connectivity index (χ1v) is 14.6. The fourth-order valence-corrected chi connectivity index (χ4v) is 7.63. The molecule has 37 heavy (non-hydrogen) atoms. The number of nitrogens with one attached hydrogen (secondary N) is 1. The van der Waals surface area contributed by atoms with Crippen molar-refractivity contribution in [3.8, 4) is 0 Å². The summed E-state index contributed by atoms with van der Waals surface area (Å²) in [6.45, 7) is -0.166. The van der Waals surface area contributed by atoms with Crippen LogP contribution in [0.5, 0.6) is 0 Å². The summed E-state index contributed by atoms with van der Waals surface area (Å²) >= 11 is 1.02. The summed E-state index contributed by atoms with van der Waals surface area (Å²) in [7, 11) is -4.08. The third-order valence-electron chi connectivity index (χ3n) is 6.80. The van der Waals surface area contributed by atoms with E-state index in [1.54, 1.807) is 35.7 Å². The molecule has 2 aromatic rings. The lowest BCUT2D eigenvalue weighted by Crippen LogP contribution is -2.56. The van der Waals surface area contributed by atoms with Gasteiger partial charge in [0.05, 0.1) is 6.42 Å². The second-order valence-electron chi connectivity index (χ2n) is 9.27. The smallest absolute Gasteiger partial charge is 0.411 e. The largest absolute Gasteiger partial charge is 0.481 e. The van der Waals surface area contributed by atoms with Gasteiger partial charge in [0.15, 0.2) is 6.17 Å². The second kappa shape index (κ2) is 12.1. The molecule has 1 aliphatic heterocycles. The molecular weight excluding hydrogens is 518 g/mol. The quantitative estimate of drug-likeness (QED) is 0.490. The van der Waals surface area contributed by atoms with E-state index in [0.29, 0.717) is 0 Å². The van der Waals surface area contributed by atoms with Gasteiger partial charge in [0.2, 0.25) is 0 Å². The van der Waals surface area contributed by atoms with Crippen LogP contribution < -0.4 is 5.32 Å². The van der Waals surface area contributed by atoms with E-state index in [2.05, 4.69) is 5.32 Å². The van der Waals surface area contributed by atoms with Crippen molar-refractivity contribution in [1.82, 2.24) is 14.5 Å². The summed E-state index contributed by atoms with van der Waals surface area (Å²) < 4.78 is 33.3. The standard InChI is InChI=1S/C25H31N3O7S2/c29-21(30)16-20(19-10-5-2-6-11-19)26-23(31)24-27(25(32)35-17-18-8-3-1-4-9-18)13-14-28(24)37(33,34)22-12-7-15-36-22/h1,3-4,7-9,12,15,19-20,24H,2,5-6,10-11,13-14,16-17H2,(H,26,31)(H,29,30). The average Bonchev–Trinajstić information content (AvgIpc) is 3.59. The molecule has 10 nitrogen and oxygen atoms in total. The number of amides is 2. The molecule has 2 aliphatic rings. The number of hydrogen-bond acceptors (Lipinski definition) is 7. The summed E-state index contributed by atoms with van der Waals surface area (Å²) in [5, 5.41) is 13.9. The number of thiophene rings is 1. The zero-order chi connectivity index (χ0) is 26.4. The number of carbonyl (C=O) groups is 3. The van der Waals surface area contributed by atoms with Crippen molar-refractivity contribution in [3.05, 3.63) is 53.4 Å². The van der Waals surface area contributed by atoms with Crippen LogP contribution in [-0.4, -0.2) is 66.0 Å². The lowest BCUT2D eigenvalue weighted by molar-refractivity contribution is -0.138. The highest BCUT2D eigenvalue weighted by Crippen LogP contribution is 2.30. The summed E-state index contributed by atoms with van der Waals surface area (Å²) in [5.74, 6) is -1.81. The van der Waals surface area contributed by atoms with Crippen LogP contribution in [0.1, 0.15) is 44.1 Å². The summed E-state index contributed by atoms with van der Waals surface area (Å²) in [6.07, 6.45) is 1.91. The maximum Gasteiger partial charge on any atom is 0.411 e. The Hall–Kier alpha value is -2.96.